The largest absolute Gasteiger partial charge is 0.300 e. The molecule has 2 saturated heterocycles. The second-order valence-corrected chi connectivity index (χ2v) is 13.2. The Labute approximate surface area is 197 Å². The van der Waals surface area contributed by atoms with Gasteiger partial charge in [-0.2, -0.15) is 0 Å². The van der Waals surface area contributed by atoms with Crippen LogP contribution in [0.15, 0.2) is 0 Å². The summed E-state index contributed by atoms with van der Waals surface area (Å²) in [5, 5.41) is 0. The molecule has 4 saturated carbocycles. The van der Waals surface area contributed by atoms with Gasteiger partial charge in [0.2, 0.25) is 0 Å². The molecule has 2 aliphatic heterocycles. The van der Waals surface area contributed by atoms with Crippen LogP contribution in [0.2, 0.25) is 0 Å². The molecular formula is C30H49NO. The Morgan fingerprint density at radius 1 is 0.531 bits per heavy atom. The zero-order chi connectivity index (χ0) is 21.5. The summed E-state index contributed by atoms with van der Waals surface area (Å²) >= 11 is 0. The summed E-state index contributed by atoms with van der Waals surface area (Å²) in [6.07, 6.45) is 25.2. The van der Waals surface area contributed by atoms with Crippen LogP contribution in [0, 0.1) is 47.3 Å². The van der Waals surface area contributed by atoms with Crippen molar-refractivity contribution in [2.75, 3.05) is 13.1 Å². The van der Waals surface area contributed by atoms with Crippen LogP contribution in [0.3, 0.4) is 0 Å². The molecule has 0 aromatic carbocycles. The summed E-state index contributed by atoms with van der Waals surface area (Å²) in [6, 6.07) is 0.959. The van der Waals surface area contributed by atoms with Crippen molar-refractivity contribution in [3.63, 3.8) is 0 Å². The number of piperidine rings is 2. The van der Waals surface area contributed by atoms with Gasteiger partial charge in [0.25, 0.3) is 0 Å². The van der Waals surface area contributed by atoms with E-state index >= 15 is 0 Å². The molecule has 0 bridgehead atoms. The van der Waals surface area contributed by atoms with E-state index in [0.717, 1.165) is 47.3 Å². The van der Waals surface area contributed by atoms with Gasteiger partial charge in [-0.25, -0.2) is 0 Å². The molecule has 6 unspecified atom stereocenters. The normalized spacial score (nSPS) is 46.0. The molecule has 2 nitrogen and oxygen atoms in total. The highest BCUT2D eigenvalue weighted by atomic mass is 16.1. The Balaban J connectivity index is 1.11. The van der Waals surface area contributed by atoms with Gasteiger partial charge in [0.1, 0.15) is 5.78 Å². The van der Waals surface area contributed by atoms with Gasteiger partial charge in [0.05, 0.1) is 0 Å². The van der Waals surface area contributed by atoms with Gasteiger partial charge >= 0.3 is 0 Å². The molecule has 6 fully saturated rings. The number of nitrogens with zero attached hydrogens (tertiary/aromatic N) is 1. The van der Waals surface area contributed by atoms with Gasteiger partial charge in [-0.1, -0.05) is 44.9 Å². The van der Waals surface area contributed by atoms with Crippen molar-refractivity contribution in [1.29, 1.82) is 0 Å². The average molecular weight is 440 g/mol. The van der Waals surface area contributed by atoms with Gasteiger partial charge < -0.3 is 0 Å². The van der Waals surface area contributed by atoms with Crippen LogP contribution in [0.4, 0.5) is 0 Å². The van der Waals surface area contributed by atoms with Crippen LogP contribution >= 0.6 is 0 Å². The topological polar surface area (TPSA) is 20.3 Å². The summed E-state index contributed by atoms with van der Waals surface area (Å²) in [5.41, 5.74) is 0. The predicted octanol–water partition coefficient (Wildman–Crippen LogP) is 7.26. The van der Waals surface area contributed by atoms with E-state index in [1.165, 1.54) is 116 Å². The van der Waals surface area contributed by atoms with Crippen LogP contribution in [0.5, 0.6) is 0 Å². The predicted molar refractivity (Wildman–Crippen MR) is 131 cm³/mol. The van der Waals surface area contributed by atoms with Gasteiger partial charge in [-0.05, 0) is 119 Å². The van der Waals surface area contributed by atoms with E-state index in [1.54, 1.807) is 12.8 Å². The van der Waals surface area contributed by atoms with Gasteiger partial charge in [-0.15, -0.1) is 0 Å². The van der Waals surface area contributed by atoms with Gasteiger partial charge in [0, 0.05) is 17.9 Å². The molecule has 0 aromatic rings. The molecule has 0 radical (unpaired) electrons. The lowest BCUT2D eigenvalue weighted by Crippen LogP contribution is -2.56. The van der Waals surface area contributed by atoms with Gasteiger partial charge in [0.15, 0.2) is 0 Å². The first-order valence-electron chi connectivity index (χ1n) is 15.1. The van der Waals surface area contributed by atoms with E-state index < -0.39 is 0 Å². The van der Waals surface area contributed by atoms with Gasteiger partial charge in [-0.3, -0.25) is 9.69 Å². The number of ketones is 1. The van der Waals surface area contributed by atoms with Crippen molar-refractivity contribution in [1.82, 2.24) is 4.90 Å². The maximum atomic E-state index is 13.5. The highest BCUT2D eigenvalue weighted by molar-refractivity contribution is 5.84. The van der Waals surface area contributed by atoms with E-state index in [4.69, 9.17) is 0 Å². The summed E-state index contributed by atoms with van der Waals surface area (Å²) in [4.78, 5) is 16.4. The van der Waals surface area contributed by atoms with Crippen molar-refractivity contribution >= 4 is 5.78 Å². The molecule has 6 rings (SSSR count). The number of hydrogen-bond donors (Lipinski definition) is 0. The minimum Gasteiger partial charge on any atom is -0.300 e. The Kier molecular flexibility index (Phi) is 6.71. The molecule has 4 aliphatic carbocycles. The minimum atomic E-state index is 0.435. The van der Waals surface area contributed by atoms with Crippen LogP contribution in [-0.2, 0) is 4.79 Å². The summed E-state index contributed by atoms with van der Waals surface area (Å²) in [6.45, 7) is 2.79. The van der Waals surface area contributed by atoms with Crippen molar-refractivity contribution in [3.8, 4) is 0 Å². The first-order valence-corrected chi connectivity index (χ1v) is 15.1. The smallest absolute Gasteiger partial charge is 0.139 e. The first kappa shape index (κ1) is 22.1. The fourth-order valence-corrected chi connectivity index (χ4v) is 10.3. The molecule has 0 N–H and O–H groups in total. The van der Waals surface area contributed by atoms with E-state index in [2.05, 4.69) is 4.90 Å². The lowest BCUT2D eigenvalue weighted by Gasteiger charge is -2.55. The van der Waals surface area contributed by atoms with Crippen molar-refractivity contribution in [2.24, 2.45) is 47.3 Å². The molecule has 2 heterocycles. The van der Waals surface area contributed by atoms with Crippen LogP contribution < -0.4 is 0 Å². The van der Waals surface area contributed by atoms with Crippen molar-refractivity contribution < 1.29 is 4.79 Å². The highest BCUT2D eigenvalue weighted by Gasteiger charge is 2.47. The second kappa shape index (κ2) is 9.71. The monoisotopic (exact) mass is 439 g/mol. The molecular weight excluding hydrogens is 390 g/mol. The standard InChI is InChI=1S/C30H49NO/c32-30(21-8-2-1-3-9-21)28-15-5-14-27(28)23-11-4-10-22(18-23)26-19-24-12-6-16-31-17-7-13-25(20-26)29(24)31/h21-29H,1-20H2. The zero-order valence-corrected chi connectivity index (χ0v) is 20.7. The number of Topliss-reactive ketones (excluding diaryl/α,β-unsaturated/α-hetero) is 1. The second-order valence-electron chi connectivity index (χ2n) is 13.2. The lowest BCUT2D eigenvalue weighted by atomic mass is 9.59. The zero-order valence-electron chi connectivity index (χ0n) is 20.7. The maximum Gasteiger partial charge on any atom is 0.139 e. The van der Waals surface area contributed by atoms with Crippen molar-refractivity contribution in [3.05, 3.63) is 0 Å². The minimum absolute atomic E-state index is 0.435. The molecule has 0 spiro atoms. The Bertz CT molecular complexity index is 633. The summed E-state index contributed by atoms with van der Waals surface area (Å²) in [7, 11) is 0. The molecule has 0 aromatic heterocycles. The Hall–Kier alpha value is -0.370. The molecule has 180 valence electrons. The van der Waals surface area contributed by atoms with Crippen LogP contribution in [0.1, 0.15) is 116 Å². The fourth-order valence-electron chi connectivity index (χ4n) is 10.3. The van der Waals surface area contributed by atoms with E-state index in [0.29, 0.717) is 11.8 Å². The Morgan fingerprint density at radius 2 is 1.16 bits per heavy atom. The fraction of sp³-hybridized carbons (Fsp3) is 0.967. The number of rotatable bonds is 4. The number of hydrogen-bond acceptors (Lipinski definition) is 2. The SMILES string of the molecule is O=C(C1CCCCC1)C1CCCC1C1CCCC(C2CC3CCCN4CCCC(C2)C34)C1. The summed E-state index contributed by atoms with van der Waals surface area (Å²) < 4.78 is 0. The molecule has 2 heteroatoms. The summed E-state index contributed by atoms with van der Waals surface area (Å²) in [5.74, 6) is 7.26. The molecule has 6 atom stereocenters. The number of carbonyl (C=O) groups excluding carboxylic acids is 1. The molecule has 6 aliphatic rings. The highest BCUT2D eigenvalue weighted by Crippen LogP contribution is 2.52. The van der Waals surface area contributed by atoms with E-state index in [9.17, 15) is 4.79 Å². The maximum absolute atomic E-state index is 13.5. The molecule has 0 amide bonds. The third kappa shape index (κ3) is 4.25. The van der Waals surface area contributed by atoms with E-state index in [1.807, 2.05) is 0 Å². The third-order valence-corrected chi connectivity index (χ3v) is 11.6. The third-order valence-electron chi connectivity index (χ3n) is 11.6. The van der Waals surface area contributed by atoms with E-state index in [-0.39, 0.29) is 0 Å². The lowest BCUT2D eigenvalue weighted by molar-refractivity contribution is -0.129. The van der Waals surface area contributed by atoms with Crippen molar-refractivity contribution in [2.45, 2.75) is 122 Å². The van der Waals surface area contributed by atoms with Crippen LogP contribution in [-0.4, -0.2) is 29.8 Å². The number of carbonyl (C=O) groups is 1. The molecule has 32 heavy (non-hydrogen) atoms. The quantitative estimate of drug-likeness (QED) is 0.459. The Morgan fingerprint density at radius 3 is 1.91 bits per heavy atom. The van der Waals surface area contributed by atoms with Crippen LogP contribution in [0.25, 0.3) is 0 Å². The average Bonchev–Trinajstić information content (AvgIpc) is 3.35. The first-order chi connectivity index (χ1) is 15.8.